The fourth-order valence-corrected chi connectivity index (χ4v) is 2.31. The lowest BCUT2D eigenvalue weighted by Gasteiger charge is -2.26. The number of benzene rings is 1. The molecule has 0 bridgehead atoms. The van der Waals surface area contributed by atoms with Crippen molar-refractivity contribution >= 4 is 0 Å². The molecule has 0 saturated carbocycles. The summed E-state index contributed by atoms with van der Waals surface area (Å²) >= 11 is 0. The summed E-state index contributed by atoms with van der Waals surface area (Å²) in [6, 6.07) is 8.21. The van der Waals surface area contributed by atoms with Gasteiger partial charge in [-0.05, 0) is 51.7 Å². The Morgan fingerprint density at radius 1 is 1.05 bits per heavy atom. The van der Waals surface area contributed by atoms with Gasteiger partial charge in [0.1, 0.15) is 5.75 Å². The van der Waals surface area contributed by atoms with Crippen molar-refractivity contribution in [2.45, 2.75) is 26.3 Å². The maximum Gasteiger partial charge on any atom is 0.119 e. The Morgan fingerprint density at radius 3 is 2.24 bits per heavy atom. The van der Waals surface area contributed by atoms with Crippen LogP contribution in [0.4, 0.5) is 0 Å². The largest absolute Gasteiger partial charge is 0.494 e. The van der Waals surface area contributed by atoms with Gasteiger partial charge < -0.3 is 20.3 Å². The molecule has 4 heteroatoms. The van der Waals surface area contributed by atoms with Crippen molar-refractivity contribution in [3.05, 3.63) is 29.8 Å². The molecular weight excluding hydrogens is 262 g/mol. The number of nitrogens with two attached hydrogens (primary N) is 1. The molecule has 2 N–H and O–H groups in total. The predicted octanol–water partition coefficient (Wildman–Crippen LogP) is 2.36. The summed E-state index contributed by atoms with van der Waals surface area (Å²) in [4.78, 5) is 4.66. The van der Waals surface area contributed by atoms with Crippen molar-refractivity contribution < 1.29 is 4.74 Å². The van der Waals surface area contributed by atoms with E-state index < -0.39 is 0 Å². The van der Waals surface area contributed by atoms with Crippen LogP contribution in [0.3, 0.4) is 0 Å². The number of hydrogen-bond donors (Lipinski definition) is 1. The first-order valence-corrected chi connectivity index (χ1v) is 7.92. The number of hydrogen-bond acceptors (Lipinski definition) is 4. The van der Waals surface area contributed by atoms with Crippen molar-refractivity contribution in [2.75, 3.05) is 46.9 Å². The Labute approximate surface area is 129 Å². The standard InChI is InChI=1S/C17H31N3O/c1-5-11-20(13-12-19(3)4)14-17(18)15-7-9-16(10-8-15)21-6-2/h7-10,17H,5-6,11-14,18H2,1-4H3. The minimum Gasteiger partial charge on any atom is -0.494 e. The fourth-order valence-electron chi connectivity index (χ4n) is 2.31. The molecule has 0 saturated heterocycles. The van der Waals surface area contributed by atoms with Gasteiger partial charge in [-0.25, -0.2) is 0 Å². The highest BCUT2D eigenvalue weighted by molar-refractivity contribution is 5.29. The van der Waals surface area contributed by atoms with Crippen LogP contribution in [0.15, 0.2) is 24.3 Å². The SMILES string of the molecule is CCCN(CCN(C)C)CC(N)c1ccc(OCC)cc1. The third-order valence-electron chi connectivity index (χ3n) is 3.48. The lowest BCUT2D eigenvalue weighted by Crippen LogP contribution is -2.37. The molecule has 0 aliphatic heterocycles. The van der Waals surface area contributed by atoms with Gasteiger partial charge >= 0.3 is 0 Å². The summed E-state index contributed by atoms with van der Waals surface area (Å²) in [5.41, 5.74) is 7.53. The van der Waals surface area contributed by atoms with Crippen molar-refractivity contribution in [3.8, 4) is 5.75 Å². The molecule has 4 nitrogen and oxygen atoms in total. The molecule has 0 aliphatic carbocycles. The second kappa shape index (κ2) is 9.77. The molecule has 21 heavy (non-hydrogen) atoms. The topological polar surface area (TPSA) is 41.7 Å². The van der Waals surface area contributed by atoms with Crippen LogP contribution in [-0.2, 0) is 0 Å². The lowest BCUT2D eigenvalue weighted by molar-refractivity contribution is 0.229. The first-order chi connectivity index (χ1) is 10.1. The predicted molar refractivity (Wildman–Crippen MR) is 89.8 cm³/mol. The highest BCUT2D eigenvalue weighted by atomic mass is 16.5. The van der Waals surface area contributed by atoms with Gasteiger partial charge in [-0.15, -0.1) is 0 Å². The van der Waals surface area contributed by atoms with Crippen LogP contribution < -0.4 is 10.5 Å². The Balaban J connectivity index is 2.56. The van der Waals surface area contributed by atoms with E-state index in [9.17, 15) is 0 Å². The molecule has 0 aromatic heterocycles. The second-order valence-corrected chi connectivity index (χ2v) is 5.71. The summed E-state index contributed by atoms with van der Waals surface area (Å²) in [5, 5.41) is 0. The minimum atomic E-state index is 0.0504. The zero-order chi connectivity index (χ0) is 15.7. The Bertz CT molecular complexity index is 378. The molecule has 1 aromatic rings. The van der Waals surface area contributed by atoms with Crippen molar-refractivity contribution in [2.24, 2.45) is 5.73 Å². The maximum absolute atomic E-state index is 6.36. The minimum absolute atomic E-state index is 0.0504. The summed E-state index contributed by atoms with van der Waals surface area (Å²) in [5.74, 6) is 0.909. The molecule has 0 amide bonds. The van der Waals surface area contributed by atoms with Gasteiger partial charge in [0.2, 0.25) is 0 Å². The van der Waals surface area contributed by atoms with Gasteiger partial charge in [0.15, 0.2) is 0 Å². The first kappa shape index (κ1) is 18.0. The van der Waals surface area contributed by atoms with Crippen molar-refractivity contribution in [3.63, 3.8) is 0 Å². The molecule has 0 spiro atoms. The van der Waals surface area contributed by atoms with E-state index in [1.807, 2.05) is 19.1 Å². The molecule has 120 valence electrons. The van der Waals surface area contributed by atoms with Crippen molar-refractivity contribution in [1.82, 2.24) is 9.80 Å². The molecule has 0 aliphatic rings. The third kappa shape index (κ3) is 6.93. The molecule has 1 atom stereocenters. The van der Waals surface area contributed by atoms with Crippen LogP contribution in [0.5, 0.6) is 5.75 Å². The van der Waals surface area contributed by atoms with E-state index in [1.54, 1.807) is 0 Å². The van der Waals surface area contributed by atoms with E-state index in [0.29, 0.717) is 6.61 Å². The van der Waals surface area contributed by atoms with Gasteiger partial charge in [0.05, 0.1) is 6.61 Å². The third-order valence-corrected chi connectivity index (χ3v) is 3.48. The van der Waals surface area contributed by atoms with Gasteiger partial charge in [0, 0.05) is 25.7 Å². The maximum atomic E-state index is 6.36. The molecule has 1 unspecified atom stereocenters. The van der Waals surface area contributed by atoms with E-state index in [0.717, 1.165) is 38.3 Å². The smallest absolute Gasteiger partial charge is 0.119 e. The second-order valence-electron chi connectivity index (χ2n) is 5.71. The summed E-state index contributed by atoms with van der Waals surface area (Å²) < 4.78 is 5.47. The molecule has 1 aromatic carbocycles. The van der Waals surface area contributed by atoms with Crippen molar-refractivity contribution in [1.29, 1.82) is 0 Å². The molecule has 0 radical (unpaired) electrons. The normalized spacial score (nSPS) is 12.9. The Hall–Kier alpha value is -1.10. The monoisotopic (exact) mass is 293 g/mol. The van der Waals surface area contributed by atoms with Gasteiger partial charge in [0.25, 0.3) is 0 Å². The number of nitrogens with zero attached hydrogens (tertiary/aromatic N) is 2. The first-order valence-electron chi connectivity index (χ1n) is 7.92. The highest BCUT2D eigenvalue weighted by Gasteiger charge is 2.12. The van der Waals surface area contributed by atoms with E-state index in [1.165, 1.54) is 5.56 Å². The van der Waals surface area contributed by atoms with Gasteiger partial charge in [-0.2, -0.15) is 0 Å². The number of likely N-dealkylation sites (N-methyl/N-ethyl adjacent to an activating group) is 1. The van der Waals surface area contributed by atoms with Crippen LogP contribution in [0.25, 0.3) is 0 Å². The number of ether oxygens (including phenoxy) is 1. The van der Waals surface area contributed by atoms with Crippen LogP contribution in [0.1, 0.15) is 31.9 Å². The average molecular weight is 293 g/mol. The van der Waals surface area contributed by atoms with Crippen LogP contribution in [0.2, 0.25) is 0 Å². The zero-order valence-electron chi connectivity index (χ0n) is 14.0. The molecule has 0 fully saturated rings. The highest BCUT2D eigenvalue weighted by Crippen LogP contribution is 2.17. The lowest BCUT2D eigenvalue weighted by atomic mass is 10.1. The molecule has 1 rings (SSSR count). The summed E-state index contributed by atoms with van der Waals surface area (Å²) in [6.45, 7) is 9.02. The average Bonchev–Trinajstić information content (AvgIpc) is 2.46. The van der Waals surface area contributed by atoms with Crippen LogP contribution in [-0.4, -0.2) is 56.7 Å². The number of rotatable bonds is 10. The zero-order valence-corrected chi connectivity index (χ0v) is 14.0. The fraction of sp³-hybridized carbons (Fsp3) is 0.647. The molecule has 0 heterocycles. The van der Waals surface area contributed by atoms with Crippen LogP contribution in [0, 0.1) is 0 Å². The Kier molecular flexibility index (Phi) is 8.35. The summed E-state index contributed by atoms with van der Waals surface area (Å²) in [6.07, 6.45) is 1.16. The van der Waals surface area contributed by atoms with E-state index in [-0.39, 0.29) is 6.04 Å². The van der Waals surface area contributed by atoms with E-state index in [2.05, 4.69) is 43.0 Å². The Morgan fingerprint density at radius 2 is 1.71 bits per heavy atom. The molecular formula is C17H31N3O. The quantitative estimate of drug-likeness (QED) is 0.719. The van der Waals surface area contributed by atoms with Gasteiger partial charge in [-0.1, -0.05) is 19.1 Å². The van der Waals surface area contributed by atoms with E-state index in [4.69, 9.17) is 10.5 Å². The van der Waals surface area contributed by atoms with Crippen LogP contribution >= 0.6 is 0 Å². The van der Waals surface area contributed by atoms with E-state index >= 15 is 0 Å². The summed E-state index contributed by atoms with van der Waals surface area (Å²) in [7, 11) is 4.22. The van der Waals surface area contributed by atoms with Gasteiger partial charge in [-0.3, -0.25) is 0 Å².